The van der Waals surface area contributed by atoms with Crippen molar-refractivity contribution in [1.82, 2.24) is 5.48 Å². The molecule has 74 valence electrons. The Bertz CT molecular complexity index is 311. The Morgan fingerprint density at radius 1 is 1.50 bits per heavy atom. The number of carbonyl (C=O) groups excluding carboxylic acids is 1. The highest BCUT2D eigenvalue weighted by Crippen LogP contribution is 2.12. The Morgan fingerprint density at radius 2 is 2.14 bits per heavy atom. The van der Waals surface area contributed by atoms with Gasteiger partial charge < -0.3 is 10.6 Å². The first-order valence-corrected chi connectivity index (χ1v) is 4.13. The Labute approximate surface area is 82.3 Å². The predicted molar refractivity (Wildman–Crippen MR) is 53.2 cm³/mol. The normalized spacial score (nSPS) is 11.7. The standard InChI is InChI=1S/C10H12N2O2/c1-2-9(12-14-10(11)13)8-6-4-3-5-7-8/h2-7,9,12H,1H2,(H2,11,13). The Kier molecular flexibility index (Phi) is 3.69. The number of amides is 1. The van der Waals surface area contributed by atoms with Crippen LogP contribution in [0.25, 0.3) is 0 Å². The Balaban J connectivity index is 2.63. The molecule has 0 aliphatic rings. The first kappa shape index (κ1) is 10.3. The largest absolute Gasteiger partial charge is 0.423 e. The summed E-state index contributed by atoms with van der Waals surface area (Å²) in [5.41, 5.74) is 8.26. The molecule has 0 saturated heterocycles. The van der Waals surface area contributed by atoms with E-state index in [1.54, 1.807) is 6.08 Å². The molecule has 4 nitrogen and oxygen atoms in total. The lowest BCUT2D eigenvalue weighted by atomic mass is 10.1. The van der Waals surface area contributed by atoms with Crippen molar-refractivity contribution in [2.24, 2.45) is 5.73 Å². The predicted octanol–water partition coefficient (Wildman–Crippen LogP) is 1.51. The zero-order valence-corrected chi connectivity index (χ0v) is 7.64. The van der Waals surface area contributed by atoms with Crippen LogP contribution in [0.1, 0.15) is 11.6 Å². The van der Waals surface area contributed by atoms with Crippen LogP contribution in [0, 0.1) is 0 Å². The number of nitrogens with one attached hydrogen (secondary N) is 1. The number of benzene rings is 1. The van der Waals surface area contributed by atoms with Gasteiger partial charge in [0.2, 0.25) is 0 Å². The smallest absolute Gasteiger partial charge is 0.353 e. The molecule has 0 heterocycles. The molecule has 0 spiro atoms. The summed E-state index contributed by atoms with van der Waals surface area (Å²) < 4.78 is 0. The minimum Gasteiger partial charge on any atom is -0.353 e. The van der Waals surface area contributed by atoms with Crippen molar-refractivity contribution in [1.29, 1.82) is 0 Å². The summed E-state index contributed by atoms with van der Waals surface area (Å²) in [7, 11) is 0. The summed E-state index contributed by atoms with van der Waals surface area (Å²) >= 11 is 0. The quantitative estimate of drug-likeness (QED) is 0.561. The van der Waals surface area contributed by atoms with Gasteiger partial charge in [-0.25, -0.2) is 4.79 Å². The van der Waals surface area contributed by atoms with Gasteiger partial charge in [0.1, 0.15) is 0 Å². The summed E-state index contributed by atoms with van der Waals surface area (Å²) in [4.78, 5) is 14.8. The van der Waals surface area contributed by atoms with Crippen molar-refractivity contribution in [3.63, 3.8) is 0 Å². The van der Waals surface area contributed by atoms with E-state index < -0.39 is 6.09 Å². The second-order valence-corrected chi connectivity index (χ2v) is 2.66. The fourth-order valence-corrected chi connectivity index (χ4v) is 1.03. The fourth-order valence-electron chi connectivity index (χ4n) is 1.03. The molecule has 0 saturated carbocycles. The van der Waals surface area contributed by atoms with E-state index in [1.165, 1.54) is 0 Å². The molecule has 1 rings (SSSR count). The van der Waals surface area contributed by atoms with Crippen LogP contribution in [-0.4, -0.2) is 6.09 Å². The van der Waals surface area contributed by atoms with E-state index in [-0.39, 0.29) is 6.04 Å². The van der Waals surface area contributed by atoms with Crippen LogP contribution in [0.2, 0.25) is 0 Å². The number of hydroxylamine groups is 1. The number of nitrogens with two attached hydrogens (primary N) is 1. The molecule has 1 aromatic carbocycles. The summed E-state index contributed by atoms with van der Waals surface area (Å²) in [6.07, 6.45) is 0.755. The van der Waals surface area contributed by atoms with Gasteiger partial charge in [0, 0.05) is 0 Å². The molecule has 0 radical (unpaired) electrons. The Morgan fingerprint density at radius 3 is 2.64 bits per heavy atom. The third-order valence-electron chi connectivity index (χ3n) is 1.68. The highest BCUT2D eigenvalue weighted by molar-refractivity contribution is 5.64. The third-order valence-corrected chi connectivity index (χ3v) is 1.68. The molecule has 0 bridgehead atoms. The van der Waals surface area contributed by atoms with Gasteiger partial charge in [-0.05, 0) is 5.56 Å². The van der Waals surface area contributed by atoms with Crippen LogP contribution in [-0.2, 0) is 4.84 Å². The maximum Gasteiger partial charge on any atom is 0.423 e. The first-order valence-electron chi connectivity index (χ1n) is 4.13. The second kappa shape index (κ2) is 5.04. The minimum absolute atomic E-state index is 0.247. The van der Waals surface area contributed by atoms with Gasteiger partial charge in [-0.2, -0.15) is 0 Å². The van der Waals surface area contributed by atoms with Crippen LogP contribution >= 0.6 is 0 Å². The molecule has 3 N–H and O–H groups in total. The summed E-state index contributed by atoms with van der Waals surface area (Å²) in [5.74, 6) is 0. The van der Waals surface area contributed by atoms with Crippen LogP contribution in [0.4, 0.5) is 4.79 Å². The monoisotopic (exact) mass is 192 g/mol. The van der Waals surface area contributed by atoms with Crippen molar-refractivity contribution < 1.29 is 9.63 Å². The number of rotatable bonds is 4. The molecule has 0 aliphatic carbocycles. The molecule has 1 atom stereocenters. The van der Waals surface area contributed by atoms with Gasteiger partial charge in [-0.1, -0.05) is 36.4 Å². The van der Waals surface area contributed by atoms with E-state index in [0.717, 1.165) is 5.56 Å². The van der Waals surface area contributed by atoms with Crippen molar-refractivity contribution in [2.45, 2.75) is 6.04 Å². The minimum atomic E-state index is -0.868. The average Bonchev–Trinajstić information content (AvgIpc) is 2.20. The summed E-state index contributed by atoms with van der Waals surface area (Å²) in [5, 5.41) is 0. The van der Waals surface area contributed by atoms with Crippen LogP contribution in [0.15, 0.2) is 43.0 Å². The molecule has 1 amide bonds. The molecule has 1 unspecified atom stereocenters. The molecule has 0 aromatic heterocycles. The number of primary amides is 1. The summed E-state index contributed by atoms with van der Waals surface area (Å²) in [6, 6.07) is 9.21. The molecule has 0 fully saturated rings. The van der Waals surface area contributed by atoms with Crippen molar-refractivity contribution in [3.8, 4) is 0 Å². The maximum atomic E-state index is 10.4. The topological polar surface area (TPSA) is 64.3 Å². The van der Waals surface area contributed by atoms with E-state index in [4.69, 9.17) is 5.73 Å². The third kappa shape index (κ3) is 2.91. The number of carbonyl (C=O) groups is 1. The Hall–Kier alpha value is -1.81. The van der Waals surface area contributed by atoms with Gasteiger partial charge in [0.25, 0.3) is 0 Å². The molecule has 0 aliphatic heterocycles. The van der Waals surface area contributed by atoms with Crippen molar-refractivity contribution in [2.75, 3.05) is 0 Å². The van der Waals surface area contributed by atoms with Crippen LogP contribution in [0.5, 0.6) is 0 Å². The average molecular weight is 192 g/mol. The number of hydrogen-bond acceptors (Lipinski definition) is 3. The van der Waals surface area contributed by atoms with Crippen LogP contribution in [0.3, 0.4) is 0 Å². The highest BCUT2D eigenvalue weighted by atomic mass is 16.7. The van der Waals surface area contributed by atoms with Crippen molar-refractivity contribution >= 4 is 6.09 Å². The molecule has 4 heteroatoms. The second-order valence-electron chi connectivity index (χ2n) is 2.66. The molecule has 1 aromatic rings. The van der Waals surface area contributed by atoms with Crippen LogP contribution < -0.4 is 11.2 Å². The molecular formula is C10H12N2O2. The van der Waals surface area contributed by atoms with Gasteiger partial charge in [0.05, 0.1) is 6.04 Å². The van der Waals surface area contributed by atoms with Gasteiger partial charge in [-0.15, -0.1) is 12.1 Å². The zero-order valence-electron chi connectivity index (χ0n) is 7.64. The SMILES string of the molecule is C=CC(NOC(N)=O)c1ccccc1. The summed E-state index contributed by atoms with van der Waals surface area (Å²) in [6.45, 7) is 3.62. The van der Waals surface area contributed by atoms with E-state index in [2.05, 4.69) is 16.9 Å². The maximum absolute atomic E-state index is 10.4. The van der Waals surface area contributed by atoms with Gasteiger partial charge in [-0.3, -0.25) is 0 Å². The van der Waals surface area contributed by atoms with Gasteiger partial charge >= 0.3 is 6.09 Å². The fraction of sp³-hybridized carbons (Fsp3) is 0.100. The lowest BCUT2D eigenvalue weighted by Gasteiger charge is -2.12. The highest BCUT2D eigenvalue weighted by Gasteiger charge is 2.07. The van der Waals surface area contributed by atoms with E-state index in [0.29, 0.717) is 0 Å². The first-order chi connectivity index (χ1) is 6.74. The van der Waals surface area contributed by atoms with E-state index >= 15 is 0 Å². The lowest BCUT2D eigenvalue weighted by Crippen LogP contribution is -2.27. The molecule has 14 heavy (non-hydrogen) atoms. The van der Waals surface area contributed by atoms with Crippen molar-refractivity contribution in [3.05, 3.63) is 48.6 Å². The lowest BCUT2D eigenvalue weighted by molar-refractivity contribution is 0.0859. The molecular weight excluding hydrogens is 180 g/mol. The van der Waals surface area contributed by atoms with E-state index in [9.17, 15) is 4.79 Å². The zero-order chi connectivity index (χ0) is 10.4. The van der Waals surface area contributed by atoms with E-state index in [1.807, 2.05) is 30.3 Å². The van der Waals surface area contributed by atoms with Gasteiger partial charge in [0.15, 0.2) is 0 Å². The number of hydrogen-bond donors (Lipinski definition) is 2.